The van der Waals surface area contributed by atoms with Gasteiger partial charge in [-0.1, -0.05) is 0 Å². The van der Waals surface area contributed by atoms with E-state index < -0.39 is 12.1 Å². The molecule has 6 rings (SSSR count). The van der Waals surface area contributed by atoms with Crippen molar-refractivity contribution in [2.75, 3.05) is 23.3 Å². The van der Waals surface area contributed by atoms with Crippen LogP contribution < -0.4 is 15.5 Å². The van der Waals surface area contributed by atoms with Crippen molar-refractivity contribution in [2.45, 2.75) is 31.1 Å². The summed E-state index contributed by atoms with van der Waals surface area (Å²) in [4.78, 5) is 28.8. The summed E-state index contributed by atoms with van der Waals surface area (Å²) in [6, 6.07) is 2.94. The number of alkyl halides is 3. The van der Waals surface area contributed by atoms with E-state index in [0.29, 0.717) is 33.6 Å². The minimum absolute atomic E-state index is 0.259. The second-order valence-corrected chi connectivity index (χ2v) is 8.62. The van der Waals surface area contributed by atoms with Gasteiger partial charge < -0.3 is 20.6 Å². The van der Waals surface area contributed by atoms with Crippen LogP contribution in [-0.2, 0) is 11.8 Å². The van der Waals surface area contributed by atoms with Crippen molar-refractivity contribution >= 4 is 45.0 Å². The third-order valence-electron chi connectivity index (χ3n) is 5.52. The number of carboxylic acids is 1. The van der Waals surface area contributed by atoms with Crippen LogP contribution in [0.15, 0.2) is 29.3 Å². The zero-order chi connectivity index (χ0) is 24.6. The summed E-state index contributed by atoms with van der Waals surface area (Å²) in [6.45, 7) is 1.94. The van der Waals surface area contributed by atoms with Crippen LogP contribution in [0.2, 0.25) is 0 Å². The molecule has 0 radical (unpaired) electrons. The van der Waals surface area contributed by atoms with E-state index in [9.17, 15) is 18.0 Å². The SMILES string of the molecule is Cn1cc(NC(=O)c2cnn3ccc(N4CC5CCC4CN5)nc23)c(Br)n1.O=C(O)C(F)(F)F. The van der Waals surface area contributed by atoms with E-state index in [1.165, 1.54) is 12.8 Å². The quantitative estimate of drug-likeness (QED) is 0.456. The van der Waals surface area contributed by atoms with E-state index in [4.69, 9.17) is 14.9 Å². The number of halogens is 4. The molecule has 6 heterocycles. The summed E-state index contributed by atoms with van der Waals surface area (Å²) >= 11 is 3.35. The Kier molecular flexibility index (Phi) is 6.49. The molecular weight excluding hydrogens is 525 g/mol. The third kappa shape index (κ3) is 4.99. The Hall–Kier alpha value is -3.20. The molecule has 3 aromatic rings. The Morgan fingerprint density at radius 1 is 1.32 bits per heavy atom. The number of carbonyl (C=O) groups excluding carboxylic acids is 1. The number of fused-ring (bicyclic) bond motifs is 4. The van der Waals surface area contributed by atoms with Crippen LogP contribution in [0.5, 0.6) is 0 Å². The molecule has 3 N–H and O–H groups in total. The molecule has 0 spiro atoms. The first-order chi connectivity index (χ1) is 16.0. The van der Waals surface area contributed by atoms with E-state index in [1.807, 2.05) is 12.3 Å². The summed E-state index contributed by atoms with van der Waals surface area (Å²) in [5.41, 5.74) is 1.60. The number of aromatic nitrogens is 5. The predicted molar refractivity (Wildman–Crippen MR) is 118 cm³/mol. The van der Waals surface area contributed by atoms with Gasteiger partial charge in [0.15, 0.2) is 10.3 Å². The Bertz CT molecular complexity index is 1220. The van der Waals surface area contributed by atoms with Gasteiger partial charge in [0.05, 0.1) is 11.9 Å². The molecule has 3 saturated heterocycles. The number of anilines is 2. The minimum atomic E-state index is -5.08. The molecule has 0 saturated carbocycles. The molecule has 1 amide bonds. The first kappa shape index (κ1) is 23.9. The van der Waals surface area contributed by atoms with Crippen molar-refractivity contribution in [3.63, 3.8) is 0 Å². The molecular formula is C19H20BrF3N8O3. The zero-order valence-corrected chi connectivity index (χ0v) is 19.3. The highest BCUT2D eigenvalue weighted by Crippen LogP contribution is 2.28. The standard InChI is InChI=1S/C17H19BrN8O.C2HF3O2/c1-24-9-13(15(18)23-24)21-17(27)12-7-20-26-5-4-14(22-16(12)26)25-8-10-2-3-11(25)6-19-10;3-2(4,5)1(6)7/h4-5,7,9-11,19H,2-3,6,8H2,1H3,(H,21,27);(H,6,7). The Labute approximate surface area is 199 Å². The molecule has 3 aliphatic heterocycles. The first-order valence-electron chi connectivity index (χ1n) is 10.2. The summed E-state index contributed by atoms with van der Waals surface area (Å²) in [7, 11) is 1.80. The molecule has 3 aliphatic rings. The van der Waals surface area contributed by atoms with Gasteiger partial charge in [0.25, 0.3) is 5.91 Å². The summed E-state index contributed by atoms with van der Waals surface area (Å²) in [5.74, 6) is -2.12. The number of hydrogen-bond acceptors (Lipinski definition) is 7. The molecule has 0 aromatic carbocycles. The molecule has 3 aromatic heterocycles. The van der Waals surface area contributed by atoms with E-state index in [2.05, 4.69) is 41.7 Å². The highest BCUT2D eigenvalue weighted by molar-refractivity contribution is 9.10. The van der Waals surface area contributed by atoms with Gasteiger partial charge in [-0.2, -0.15) is 23.4 Å². The molecule has 3 fully saturated rings. The lowest BCUT2D eigenvalue weighted by Crippen LogP contribution is -2.61. The molecule has 34 heavy (non-hydrogen) atoms. The average molecular weight is 545 g/mol. The number of amides is 1. The van der Waals surface area contributed by atoms with Crippen molar-refractivity contribution in [1.82, 2.24) is 29.7 Å². The zero-order valence-electron chi connectivity index (χ0n) is 17.8. The normalized spacial score (nSPS) is 19.6. The van der Waals surface area contributed by atoms with Crippen LogP contribution in [0.4, 0.5) is 24.7 Å². The highest BCUT2D eigenvalue weighted by Gasteiger charge is 2.38. The fourth-order valence-corrected chi connectivity index (χ4v) is 4.36. The number of hydrogen-bond donors (Lipinski definition) is 3. The van der Waals surface area contributed by atoms with Crippen LogP contribution >= 0.6 is 15.9 Å². The maximum atomic E-state index is 12.8. The van der Waals surface area contributed by atoms with Gasteiger partial charge in [0.1, 0.15) is 11.4 Å². The van der Waals surface area contributed by atoms with Crippen LogP contribution in [0.3, 0.4) is 0 Å². The van der Waals surface area contributed by atoms with Crippen LogP contribution in [0.25, 0.3) is 5.65 Å². The van der Waals surface area contributed by atoms with Gasteiger partial charge in [-0.05, 0) is 34.8 Å². The smallest absolute Gasteiger partial charge is 0.475 e. The van der Waals surface area contributed by atoms with Crippen LogP contribution in [0.1, 0.15) is 23.2 Å². The second kappa shape index (κ2) is 9.21. The molecule has 2 unspecified atom stereocenters. The molecule has 2 atom stereocenters. The van der Waals surface area contributed by atoms with Crippen molar-refractivity contribution < 1.29 is 27.9 Å². The number of rotatable bonds is 3. The molecule has 182 valence electrons. The van der Waals surface area contributed by atoms with Gasteiger partial charge in [-0.25, -0.2) is 14.3 Å². The average Bonchev–Trinajstić information content (AvgIpc) is 3.36. The topological polar surface area (TPSA) is 130 Å². The minimum Gasteiger partial charge on any atom is -0.475 e. The van der Waals surface area contributed by atoms with Crippen LogP contribution in [-0.4, -0.2) is 72.7 Å². The number of carboxylic acid groups (broad SMARTS) is 1. The lowest BCUT2D eigenvalue weighted by molar-refractivity contribution is -0.192. The van der Waals surface area contributed by atoms with E-state index in [0.717, 1.165) is 18.9 Å². The predicted octanol–water partition coefficient (Wildman–Crippen LogP) is 2.05. The van der Waals surface area contributed by atoms with E-state index >= 15 is 0 Å². The second-order valence-electron chi connectivity index (χ2n) is 7.87. The monoisotopic (exact) mass is 544 g/mol. The highest BCUT2D eigenvalue weighted by atomic mass is 79.9. The molecule has 11 nitrogen and oxygen atoms in total. The summed E-state index contributed by atoms with van der Waals surface area (Å²) < 4.78 is 35.6. The Balaban J connectivity index is 0.000000344. The largest absolute Gasteiger partial charge is 0.490 e. The fraction of sp³-hybridized carbons (Fsp3) is 0.421. The number of nitrogens with zero attached hydrogens (tertiary/aromatic N) is 6. The molecule has 15 heteroatoms. The molecule has 0 aliphatic carbocycles. The van der Waals surface area contributed by atoms with Crippen molar-refractivity contribution in [3.8, 4) is 0 Å². The lowest BCUT2D eigenvalue weighted by atomic mass is 9.93. The van der Waals surface area contributed by atoms with Crippen LogP contribution in [0, 0.1) is 0 Å². The van der Waals surface area contributed by atoms with E-state index in [-0.39, 0.29) is 5.91 Å². The lowest BCUT2D eigenvalue weighted by Gasteiger charge is -2.46. The third-order valence-corrected chi connectivity index (χ3v) is 6.10. The van der Waals surface area contributed by atoms with Gasteiger partial charge in [0, 0.05) is 44.6 Å². The van der Waals surface area contributed by atoms with Crippen molar-refractivity contribution in [1.29, 1.82) is 0 Å². The number of piperidine rings is 2. The van der Waals surface area contributed by atoms with E-state index in [1.54, 1.807) is 28.6 Å². The number of carbonyl (C=O) groups is 2. The summed E-state index contributed by atoms with van der Waals surface area (Å²) in [5, 5.41) is 22.0. The maximum absolute atomic E-state index is 12.8. The van der Waals surface area contributed by atoms with Gasteiger partial charge in [-0.15, -0.1) is 0 Å². The van der Waals surface area contributed by atoms with Gasteiger partial charge in [0.2, 0.25) is 0 Å². The number of piperazine rings is 1. The number of nitrogens with one attached hydrogen (secondary N) is 2. The maximum Gasteiger partial charge on any atom is 0.490 e. The van der Waals surface area contributed by atoms with Gasteiger partial charge in [-0.3, -0.25) is 9.48 Å². The summed E-state index contributed by atoms with van der Waals surface area (Å²) in [6.07, 6.45) is 2.46. The number of aliphatic carboxylic acids is 1. The fourth-order valence-electron chi connectivity index (χ4n) is 3.90. The van der Waals surface area contributed by atoms with Crippen molar-refractivity contribution in [2.24, 2.45) is 7.05 Å². The first-order valence-corrected chi connectivity index (χ1v) is 11.0. The van der Waals surface area contributed by atoms with Gasteiger partial charge >= 0.3 is 12.1 Å². The van der Waals surface area contributed by atoms with Crippen molar-refractivity contribution in [3.05, 3.63) is 34.8 Å². The Morgan fingerprint density at radius 3 is 2.59 bits per heavy atom. The number of aryl methyl sites for hydroxylation is 1. The molecule has 2 bridgehead atoms. The Morgan fingerprint density at radius 2 is 2.06 bits per heavy atom.